The van der Waals surface area contributed by atoms with Crippen LogP contribution in [0.15, 0.2) is 54.9 Å². The fourth-order valence-corrected chi connectivity index (χ4v) is 3.94. The van der Waals surface area contributed by atoms with E-state index in [0.29, 0.717) is 42.7 Å². The Morgan fingerprint density at radius 3 is 2.64 bits per heavy atom. The normalized spacial score (nSPS) is 15.9. The van der Waals surface area contributed by atoms with Crippen LogP contribution in [-0.2, 0) is 0 Å². The Hall–Kier alpha value is -3.85. The Morgan fingerprint density at radius 1 is 1.15 bits per heavy atom. The number of aliphatic hydroxyl groups excluding tert-OH is 1. The molecule has 9 heteroatoms. The standard InChI is InChI=1S/C24H27N5O4/c1-16-10-23(25)27-12-20(16)28-8-9-29(17(14-28)15-30)24(31)19-11-21(32-2)22(13-26-19)33-18-6-4-3-5-7-18/h3-7,10-13,17,30H,8-9,14-15H2,1-2H3,(H2,25,27). The number of hydrogen-bond acceptors (Lipinski definition) is 8. The molecular formula is C24H27N5O4. The molecule has 0 aliphatic carbocycles. The number of nitrogens with zero attached hydrogens (tertiary/aromatic N) is 4. The molecule has 0 saturated carbocycles. The number of pyridine rings is 2. The lowest BCUT2D eigenvalue weighted by atomic mass is 10.1. The van der Waals surface area contributed by atoms with Gasteiger partial charge in [0.25, 0.3) is 5.91 Å². The molecule has 3 heterocycles. The zero-order valence-corrected chi connectivity index (χ0v) is 18.6. The number of nitrogens with two attached hydrogens (primary N) is 1. The summed E-state index contributed by atoms with van der Waals surface area (Å²) in [6.45, 7) is 3.30. The number of anilines is 2. The lowest BCUT2D eigenvalue weighted by molar-refractivity contribution is 0.0559. The van der Waals surface area contributed by atoms with Crippen LogP contribution >= 0.6 is 0 Å². The van der Waals surface area contributed by atoms with Crippen LogP contribution in [0, 0.1) is 6.92 Å². The molecule has 33 heavy (non-hydrogen) atoms. The summed E-state index contributed by atoms with van der Waals surface area (Å²) in [4.78, 5) is 25.5. The zero-order chi connectivity index (χ0) is 23.4. The first-order chi connectivity index (χ1) is 16.0. The van der Waals surface area contributed by atoms with E-state index in [0.717, 1.165) is 11.3 Å². The van der Waals surface area contributed by atoms with Gasteiger partial charge in [-0.3, -0.25) is 4.79 Å². The topological polar surface area (TPSA) is 114 Å². The first-order valence-corrected chi connectivity index (χ1v) is 10.7. The number of methoxy groups -OCH3 is 1. The summed E-state index contributed by atoms with van der Waals surface area (Å²) in [5.74, 6) is 1.64. The molecule has 4 rings (SSSR count). The third kappa shape index (κ3) is 4.83. The molecule has 0 bridgehead atoms. The number of ether oxygens (including phenoxy) is 2. The molecule has 1 atom stereocenters. The minimum Gasteiger partial charge on any atom is -0.493 e. The van der Waals surface area contributed by atoms with Gasteiger partial charge in [-0.25, -0.2) is 9.97 Å². The minimum atomic E-state index is -0.392. The van der Waals surface area contributed by atoms with Crippen molar-refractivity contribution in [1.29, 1.82) is 0 Å². The maximum atomic E-state index is 13.3. The molecule has 1 aliphatic heterocycles. The van der Waals surface area contributed by atoms with Crippen LogP contribution in [0.1, 0.15) is 16.1 Å². The van der Waals surface area contributed by atoms with E-state index >= 15 is 0 Å². The number of para-hydroxylation sites is 1. The van der Waals surface area contributed by atoms with Gasteiger partial charge in [0.2, 0.25) is 0 Å². The number of aliphatic hydroxyl groups is 1. The molecular weight excluding hydrogens is 422 g/mol. The van der Waals surface area contributed by atoms with Crippen molar-refractivity contribution in [2.24, 2.45) is 0 Å². The van der Waals surface area contributed by atoms with Gasteiger partial charge in [0.15, 0.2) is 11.5 Å². The van der Waals surface area contributed by atoms with E-state index in [4.69, 9.17) is 15.2 Å². The number of carbonyl (C=O) groups excluding carboxylic acids is 1. The molecule has 3 aromatic rings. The van der Waals surface area contributed by atoms with Crippen molar-refractivity contribution >= 4 is 17.4 Å². The monoisotopic (exact) mass is 449 g/mol. The third-order valence-electron chi connectivity index (χ3n) is 5.64. The second-order valence-corrected chi connectivity index (χ2v) is 7.81. The lowest BCUT2D eigenvalue weighted by Crippen LogP contribution is -2.57. The van der Waals surface area contributed by atoms with Crippen LogP contribution in [0.5, 0.6) is 17.2 Å². The largest absolute Gasteiger partial charge is 0.493 e. The van der Waals surface area contributed by atoms with Crippen LogP contribution in [0.3, 0.4) is 0 Å². The molecule has 1 fully saturated rings. The summed E-state index contributed by atoms with van der Waals surface area (Å²) < 4.78 is 11.3. The highest BCUT2D eigenvalue weighted by atomic mass is 16.5. The van der Waals surface area contributed by atoms with Gasteiger partial charge in [0, 0.05) is 25.7 Å². The van der Waals surface area contributed by atoms with Gasteiger partial charge >= 0.3 is 0 Å². The quantitative estimate of drug-likeness (QED) is 0.590. The van der Waals surface area contributed by atoms with E-state index in [2.05, 4.69) is 14.9 Å². The van der Waals surface area contributed by atoms with Gasteiger partial charge in [0.1, 0.15) is 17.3 Å². The average molecular weight is 450 g/mol. The van der Waals surface area contributed by atoms with E-state index in [1.54, 1.807) is 17.2 Å². The Labute approximate surface area is 192 Å². The van der Waals surface area contributed by atoms with Gasteiger partial charge in [-0.2, -0.15) is 0 Å². The van der Waals surface area contributed by atoms with Crippen LogP contribution in [0.4, 0.5) is 11.5 Å². The van der Waals surface area contributed by atoms with Crippen molar-refractivity contribution in [3.8, 4) is 17.2 Å². The first-order valence-electron chi connectivity index (χ1n) is 10.7. The summed E-state index contributed by atoms with van der Waals surface area (Å²) in [6.07, 6.45) is 3.21. The molecule has 1 unspecified atom stereocenters. The van der Waals surface area contributed by atoms with Gasteiger partial charge in [-0.1, -0.05) is 18.2 Å². The number of rotatable bonds is 6. The Kier molecular flexibility index (Phi) is 6.60. The summed E-state index contributed by atoms with van der Waals surface area (Å²) in [5, 5.41) is 10.0. The summed E-state index contributed by atoms with van der Waals surface area (Å²) in [6, 6.07) is 12.3. The smallest absolute Gasteiger partial charge is 0.273 e. The molecule has 1 aliphatic rings. The predicted molar refractivity (Wildman–Crippen MR) is 125 cm³/mol. The van der Waals surface area contributed by atoms with Crippen molar-refractivity contribution in [2.75, 3.05) is 44.0 Å². The van der Waals surface area contributed by atoms with Crippen LogP contribution in [0.25, 0.3) is 0 Å². The highest BCUT2D eigenvalue weighted by Crippen LogP contribution is 2.32. The maximum Gasteiger partial charge on any atom is 0.273 e. The number of hydrogen-bond donors (Lipinski definition) is 2. The Morgan fingerprint density at radius 2 is 1.94 bits per heavy atom. The summed E-state index contributed by atoms with van der Waals surface area (Å²) in [7, 11) is 1.51. The molecule has 1 aromatic carbocycles. The van der Waals surface area contributed by atoms with E-state index < -0.39 is 6.04 Å². The number of aromatic nitrogens is 2. The van der Waals surface area contributed by atoms with Crippen molar-refractivity contribution in [3.63, 3.8) is 0 Å². The summed E-state index contributed by atoms with van der Waals surface area (Å²) in [5.41, 5.74) is 7.93. The van der Waals surface area contributed by atoms with Crippen molar-refractivity contribution in [1.82, 2.24) is 14.9 Å². The molecule has 9 nitrogen and oxygen atoms in total. The van der Waals surface area contributed by atoms with Gasteiger partial charge in [-0.15, -0.1) is 0 Å². The first kappa shape index (κ1) is 22.3. The highest BCUT2D eigenvalue weighted by molar-refractivity contribution is 5.93. The fraction of sp³-hybridized carbons (Fsp3) is 0.292. The Bertz CT molecular complexity index is 1130. The lowest BCUT2D eigenvalue weighted by Gasteiger charge is -2.42. The molecule has 1 amide bonds. The number of benzene rings is 1. The molecule has 172 valence electrons. The van der Waals surface area contributed by atoms with E-state index in [1.165, 1.54) is 13.3 Å². The van der Waals surface area contributed by atoms with Crippen LogP contribution < -0.4 is 20.1 Å². The van der Waals surface area contributed by atoms with Crippen molar-refractivity contribution in [2.45, 2.75) is 13.0 Å². The SMILES string of the molecule is COc1cc(C(=O)N2CCN(c3cnc(N)cc3C)CC2CO)ncc1Oc1ccccc1. The highest BCUT2D eigenvalue weighted by Gasteiger charge is 2.32. The Balaban J connectivity index is 1.51. The van der Waals surface area contributed by atoms with Gasteiger partial charge < -0.3 is 30.1 Å². The number of amides is 1. The van der Waals surface area contributed by atoms with E-state index in [-0.39, 0.29) is 18.2 Å². The molecule has 0 radical (unpaired) electrons. The van der Waals surface area contributed by atoms with Crippen molar-refractivity contribution < 1.29 is 19.4 Å². The van der Waals surface area contributed by atoms with Gasteiger partial charge in [0.05, 0.1) is 37.8 Å². The molecule has 0 spiro atoms. The average Bonchev–Trinajstić information content (AvgIpc) is 2.84. The number of aryl methyl sites for hydroxylation is 1. The molecule has 3 N–H and O–H groups in total. The second kappa shape index (κ2) is 9.74. The number of piperazine rings is 1. The molecule has 1 saturated heterocycles. The fourth-order valence-electron chi connectivity index (χ4n) is 3.94. The van der Waals surface area contributed by atoms with Crippen molar-refractivity contribution in [3.05, 3.63) is 66.1 Å². The summed E-state index contributed by atoms with van der Waals surface area (Å²) >= 11 is 0. The number of nitrogen functional groups attached to an aromatic ring is 1. The van der Waals surface area contributed by atoms with Crippen LogP contribution in [-0.4, -0.2) is 65.3 Å². The second-order valence-electron chi connectivity index (χ2n) is 7.81. The van der Waals surface area contributed by atoms with Crippen LogP contribution in [0.2, 0.25) is 0 Å². The predicted octanol–water partition coefficient (Wildman–Crippen LogP) is 2.49. The van der Waals surface area contributed by atoms with E-state index in [9.17, 15) is 9.90 Å². The molecule has 2 aromatic heterocycles. The number of carbonyl (C=O) groups is 1. The maximum absolute atomic E-state index is 13.3. The van der Waals surface area contributed by atoms with Gasteiger partial charge in [-0.05, 0) is 30.7 Å². The van der Waals surface area contributed by atoms with E-state index in [1.807, 2.05) is 43.3 Å². The third-order valence-corrected chi connectivity index (χ3v) is 5.64. The minimum absolute atomic E-state index is 0.171. The zero-order valence-electron chi connectivity index (χ0n) is 18.6.